The van der Waals surface area contributed by atoms with Crippen molar-refractivity contribution in [3.05, 3.63) is 33.3 Å². The van der Waals surface area contributed by atoms with Crippen molar-refractivity contribution in [3.8, 4) is 0 Å². The first-order valence-corrected chi connectivity index (χ1v) is 7.87. The maximum atomic E-state index is 12.3. The zero-order chi connectivity index (χ0) is 16.2. The molecule has 0 saturated heterocycles. The molecule has 4 nitrogen and oxygen atoms in total. The van der Waals surface area contributed by atoms with Crippen LogP contribution in [0.2, 0.25) is 5.02 Å². The van der Waals surface area contributed by atoms with E-state index in [-0.39, 0.29) is 17.7 Å². The molecule has 0 fully saturated rings. The van der Waals surface area contributed by atoms with Gasteiger partial charge in [0.15, 0.2) is 0 Å². The molecule has 1 rings (SSSR count). The van der Waals surface area contributed by atoms with Gasteiger partial charge in [-0.1, -0.05) is 31.5 Å². The molecule has 0 radical (unpaired) electrons. The fourth-order valence-corrected chi connectivity index (χ4v) is 2.50. The molecule has 0 heterocycles. The van der Waals surface area contributed by atoms with Gasteiger partial charge in [0.1, 0.15) is 6.04 Å². The topological polar surface area (TPSA) is 49.4 Å². The van der Waals surface area contributed by atoms with E-state index in [0.29, 0.717) is 21.5 Å². The van der Waals surface area contributed by atoms with E-state index in [1.165, 1.54) is 4.90 Å². The summed E-state index contributed by atoms with van der Waals surface area (Å²) in [6.07, 6.45) is 0.578. The molecule has 116 valence electrons. The SMILES string of the molecule is CC(C)CC(NC(=O)c1cccc(Br)c1Cl)C(=O)N(C)C. The normalized spacial score (nSPS) is 12.1. The molecule has 1 atom stereocenters. The molecular weight excluding hydrogens is 356 g/mol. The molecule has 1 aromatic carbocycles. The summed E-state index contributed by atoms with van der Waals surface area (Å²) in [4.78, 5) is 26.0. The van der Waals surface area contributed by atoms with Gasteiger partial charge < -0.3 is 10.2 Å². The van der Waals surface area contributed by atoms with Crippen LogP contribution < -0.4 is 5.32 Å². The Morgan fingerprint density at radius 1 is 1.33 bits per heavy atom. The van der Waals surface area contributed by atoms with E-state index in [4.69, 9.17) is 11.6 Å². The summed E-state index contributed by atoms with van der Waals surface area (Å²) >= 11 is 9.40. The highest BCUT2D eigenvalue weighted by atomic mass is 79.9. The number of carbonyl (C=O) groups excluding carboxylic acids is 2. The van der Waals surface area contributed by atoms with Gasteiger partial charge in [-0.2, -0.15) is 0 Å². The molecule has 1 unspecified atom stereocenters. The summed E-state index contributed by atoms with van der Waals surface area (Å²) in [6, 6.07) is 4.57. The predicted octanol–water partition coefficient (Wildman–Crippen LogP) is 3.34. The van der Waals surface area contributed by atoms with Crippen molar-refractivity contribution in [3.63, 3.8) is 0 Å². The minimum absolute atomic E-state index is 0.122. The monoisotopic (exact) mass is 374 g/mol. The van der Waals surface area contributed by atoms with Gasteiger partial charge in [0.05, 0.1) is 10.6 Å². The van der Waals surface area contributed by atoms with Gasteiger partial charge in [-0.3, -0.25) is 9.59 Å². The molecule has 0 aliphatic carbocycles. The summed E-state index contributed by atoms with van der Waals surface area (Å²) in [7, 11) is 3.35. The number of likely N-dealkylation sites (N-methyl/N-ethyl adjacent to an activating group) is 1. The third-order valence-corrected chi connectivity index (χ3v) is 4.24. The molecule has 0 aromatic heterocycles. The Balaban J connectivity index is 2.95. The zero-order valence-electron chi connectivity index (χ0n) is 12.6. The predicted molar refractivity (Wildman–Crippen MR) is 88.6 cm³/mol. The van der Waals surface area contributed by atoms with E-state index in [2.05, 4.69) is 21.2 Å². The molecule has 0 saturated carbocycles. The van der Waals surface area contributed by atoms with Crippen LogP contribution in [0.4, 0.5) is 0 Å². The Bertz CT molecular complexity index is 532. The van der Waals surface area contributed by atoms with Crippen LogP contribution in [0, 0.1) is 5.92 Å². The molecule has 2 amide bonds. The first-order valence-electron chi connectivity index (χ1n) is 6.70. The lowest BCUT2D eigenvalue weighted by Gasteiger charge is -2.23. The van der Waals surface area contributed by atoms with E-state index in [1.807, 2.05) is 13.8 Å². The standard InChI is InChI=1S/C15H20BrClN2O2/c1-9(2)8-12(15(21)19(3)4)18-14(20)10-6-5-7-11(16)13(10)17/h5-7,9,12H,8H2,1-4H3,(H,18,20). The van der Waals surface area contributed by atoms with Crippen LogP contribution in [0.15, 0.2) is 22.7 Å². The Kier molecular flexibility index (Phi) is 6.68. The summed E-state index contributed by atoms with van der Waals surface area (Å²) in [6.45, 7) is 4.02. The number of hydrogen-bond acceptors (Lipinski definition) is 2. The molecule has 0 aliphatic rings. The molecule has 21 heavy (non-hydrogen) atoms. The minimum Gasteiger partial charge on any atom is -0.347 e. The fourth-order valence-electron chi connectivity index (χ4n) is 1.92. The number of nitrogens with one attached hydrogen (secondary N) is 1. The van der Waals surface area contributed by atoms with E-state index in [9.17, 15) is 9.59 Å². The molecule has 1 aromatic rings. The molecule has 0 bridgehead atoms. The highest BCUT2D eigenvalue weighted by Crippen LogP contribution is 2.26. The highest BCUT2D eigenvalue weighted by molar-refractivity contribution is 9.10. The van der Waals surface area contributed by atoms with Gasteiger partial charge in [0.25, 0.3) is 5.91 Å². The second-order valence-corrected chi connectivity index (χ2v) is 6.72. The third-order valence-electron chi connectivity index (χ3n) is 2.95. The zero-order valence-corrected chi connectivity index (χ0v) is 15.0. The first kappa shape index (κ1) is 18.0. The lowest BCUT2D eigenvalue weighted by molar-refractivity contribution is -0.131. The van der Waals surface area contributed by atoms with Crippen LogP contribution in [0.5, 0.6) is 0 Å². The number of hydrogen-bond donors (Lipinski definition) is 1. The van der Waals surface area contributed by atoms with Crippen molar-refractivity contribution >= 4 is 39.3 Å². The highest BCUT2D eigenvalue weighted by Gasteiger charge is 2.24. The van der Waals surface area contributed by atoms with Gasteiger partial charge >= 0.3 is 0 Å². The van der Waals surface area contributed by atoms with Crippen LogP contribution in [-0.2, 0) is 4.79 Å². The first-order chi connectivity index (χ1) is 9.73. The van der Waals surface area contributed by atoms with Crippen molar-refractivity contribution in [1.82, 2.24) is 10.2 Å². The number of amides is 2. The van der Waals surface area contributed by atoms with Crippen LogP contribution >= 0.6 is 27.5 Å². The number of carbonyl (C=O) groups is 2. The lowest BCUT2D eigenvalue weighted by atomic mass is 10.0. The number of halogens is 2. The quantitative estimate of drug-likeness (QED) is 0.858. The maximum Gasteiger partial charge on any atom is 0.253 e. The molecular formula is C15H20BrClN2O2. The fraction of sp³-hybridized carbons (Fsp3) is 0.467. The maximum absolute atomic E-state index is 12.3. The third kappa shape index (κ3) is 5.00. The van der Waals surface area contributed by atoms with Gasteiger partial charge in [0, 0.05) is 18.6 Å². The molecule has 6 heteroatoms. The van der Waals surface area contributed by atoms with E-state index >= 15 is 0 Å². The van der Waals surface area contributed by atoms with E-state index in [0.717, 1.165) is 0 Å². The minimum atomic E-state index is -0.553. The van der Waals surface area contributed by atoms with Gasteiger partial charge in [-0.05, 0) is 40.4 Å². The second kappa shape index (κ2) is 7.80. The van der Waals surface area contributed by atoms with Crippen LogP contribution in [0.25, 0.3) is 0 Å². The molecule has 1 N–H and O–H groups in total. The van der Waals surface area contributed by atoms with Crippen molar-refractivity contribution < 1.29 is 9.59 Å². The Labute approximate surface area is 139 Å². The van der Waals surface area contributed by atoms with Crippen LogP contribution in [0.3, 0.4) is 0 Å². The molecule has 0 aliphatic heterocycles. The van der Waals surface area contributed by atoms with Crippen LogP contribution in [-0.4, -0.2) is 36.9 Å². The summed E-state index contributed by atoms with van der Waals surface area (Å²) in [5.41, 5.74) is 0.353. The summed E-state index contributed by atoms with van der Waals surface area (Å²) in [5, 5.41) is 3.12. The average Bonchev–Trinajstić information content (AvgIpc) is 2.39. The molecule has 0 spiro atoms. The van der Waals surface area contributed by atoms with Gasteiger partial charge in [-0.15, -0.1) is 0 Å². The number of nitrogens with zero attached hydrogens (tertiary/aromatic N) is 1. The van der Waals surface area contributed by atoms with E-state index < -0.39 is 6.04 Å². The number of rotatable bonds is 5. The Hall–Kier alpha value is -1.07. The van der Waals surface area contributed by atoms with Crippen molar-refractivity contribution in [2.75, 3.05) is 14.1 Å². The second-order valence-electron chi connectivity index (χ2n) is 5.49. The smallest absolute Gasteiger partial charge is 0.253 e. The Morgan fingerprint density at radius 3 is 2.48 bits per heavy atom. The summed E-state index contributed by atoms with van der Waals surface area (Å²) in [5.74, 6) is -0.178. The van der Waals surface area contributed by atoms with Crippen LogP contribution in [0.1, 0.15) is 30.6 Å². The summed E-state index contributed by atoms with van der Waals surface area (Å²) < 4.78 is 0.649. The van der Waals surface area contributed by atoms with Gasteiger partial charge in [0.2, 0.25) is 5.91 Å². The van der Waals surface area contributed by atoms with Crippen molar-refractivity contribution in [2.24, 2.45) is 5.92 Å². The number of benzene rings is 1. The Morgan fingerprint density at radius 2 is 1.95 bits per heavy atom. The largest absolute Gasteiger partial charge is 0.347 e. The average molecular weight is 376 g/mol. The van der Waals surface area contributed by atoms with Crippen molar-refractivity contribution in [1.29, 1.82) is 0 Å². The van der Waals surface area contributed by atoms with Crippen molar-refractivity contribution in [2.45, 2.75) is 26.3 Å². The van der Waals surface area contributed by atoms with Gasteiger partial charge in [-0.25, -0.2) is 0 Å². The van der Waals surface area contributed by atoms with E-state index in [1.54, 1.807) is 32.3 Å². The lowest BCUT2D eigenvalue weighted by Crippen LogP contribution is -2.47.